The zero-order chi connectivity index (χ0) is 21.0. The summed E-state index contributed by atoms with van der Waals surface area (Å²) in [6, 6.07) is 12.0. The number of carbonyl (C=O) groups excluding carboxylic acids is 2. The molecule has 0 unspecified atom stereocenters. The second-order valence-electron chi connectivity index (χ2n) is 7.86. The van der Waals surface area contributed by atoms with E-state index in [-0.39, 0.29) is 28.6 Å². The SMILES string of the molecule is CCN1C(=O)[C@]2(c3ccccc31)[C@H](C(=O)Nc1ccc(Cl)cc1F)C[C@@H]1CSCN12. The Balaban J connectivity index is 1.60. The quantitative estimate of drug-likeness (QED) is 0.773. The summed E-state index contributed by atoms with van der Waals surface area (Å²) in [5.74, 6) is -0.0234. The van der Waals surface area contributed by atoms with E-state index in [1.807, 2.05) is 31.2 Å². The Labute approximate surface area is 183 Å². The van der Waals surface area contributed by atoms with Crippen LogP contribution in [0.4, 0.5) is 15.8 Å². The van der Waals surface area contributed by atoms with Crippen molar-refractivity contribution in [3.05, 3.63) is 58.9 Å². The van der Waals surface area contributed by atoms with Gasteiger partial charge in [0.2, 0.25) is 5.91 Å². The molecule has 2 fully saturated rings. The van der Waals surface area contributed by atoms with E-state index >= 15 is 0 Å². The number of carbonyl (C=O) groups is 2. The predicted molar refractivity (Wildman–Crippen MR) is 117 cm³/mol. The van der Waals surface area contributed by atoms with Crippen LogP contribution in [0.15, 0.2) is 42.5 Å². The molecule has 0 aromatic heterocycles. The number of benzene rings is 2. The van der Waals surface area contributed by atoms with Crippen LogP contribution >= 0.6 is 23.4 Å². The molecule has 0 saturated carbocycles. The van der Waals surface area contributed by atoms with E-state index in [9.17, 15) is 14.0 Å². The van der Waals surface area contributed by atoms with E-state index in [2.05, 4.69) is 10.2 Å². The summed E-state index contributed by atoms with van der Waals surface area (Å²) in [5.41, 5.74) is 0.761. The summed E-state index contributed by atoms with van der Waals surface area (Å²) in [7, 11) is 0. The first-order valence-corrected chi connectivity index (χ1v) is 11.5. The van der Waals surface area contributed by atoms with Crippen LogP contribution in [0.3, 0.4) is 0 Å². The van der Waals surface area contributed by atoms with E-state index < -0.39 is 17.3 Å². The first kappa shape index (κ1) is 19.8. The van der Waals surface area contributed by atoms with Gasteiger partial charge in [-0.15, -0.1) is 11.8 Å². The lowest BCUT2D eigenvalue weighted by Crippen LogP contribution is -2.55. The zero-order valence-corrected chi connectivity index (χ0v) is 18.0. The van der Waals surface area contributed by atoms with E-state index in [1.54, 1.807) is 16.7 Å². The Morgan fingerprint density at radius 1 is 1.33 bits per heavy atom. The van der Waals surface area contributed by atoms with Crippen molar-refractivity contribution < 1.29 is 14.0 Å². The van der Waals surface area contributed by atoms with Crippen LogP contribution < -0.4 is 10.2 Å². The first-order valence-electron chi connectivity index (χ1n) is 10.00. The molecule has 0 bridgehead atoms. The second-order valence-corrected chi connectivity index (χ2v) is 9.29. The third-order valence-corrected chi connectivity index (χ3v) is 7.76. The van der Waals surface area contributed by atoms with Gasteiger partial charge in [0.05, 0.1) is 11.6 Å². The van der Waals surface area contributed by atoms with Crippen molar-refractivity contribution in [2.75, 3.05) is 28.4 Å². The fraction of sp³-hybridized carbons (Fsp3) is 0.364. The highest BCUT2D eigenvalue weighted by atomic mass is 35.5. The Hall–Kier alpha value is -2.09. The highest BCUT2D eigenvalue weighted by Gasteiger charge is 2.67. The monoisotopic (exact) mass is 445 g/mol. The average molecular weight is 446 g/mol. The number of nitrogens with one attached hydrogen (secondary N) is 1. The van der Waals surface area contributed by atoms with Crippen LogP contribution in [0, 0.1) is 11.7 Å². The number of halogens is 2. The Morgan fingerprint density at radius 3 is 2.90 bits per heavy atom. The smallest absolute Gasteiger partial charge is 0.253 e. The van der Waals surface area contributed by atoms with Crippen LogP contribution in [0.1, 0.15) is 18.9 Å². The molecule has 3 aliphatic heterocycles. The van der Waals surface area contributed by atoms with Gasteiger partial charge in [-0.3, -0.25) is 14.5 Å². The van der Waals surface area contributed by atoms with Crippen molar-refractivity contribution in [2.24, 2.45) is 5.92 Å². The lowest BCUT2D eigenvalue weighted by Gasteiger charge is -2.36. The third kappa shape index (κ3) is 2.65. The summed E-state index contributed by atoms with van der Waals surface area (Å²) >= 11 is 7.62. The van der Waals surface area contributed by atoms with Gasteiger partial charge in [0, 0.05) is 40.5 Å². The lowest BCUT2D eigenvalue weighted by molar-refractivity contribution is -0.136. The van der Waals surface area contributed by atoms with Gasteiger partial charge < -0.3 is 10.2 Å². The Morgan fingerprint density at radius 2 is 2.13 bits per heavy atom. The molecular formula is C22H21ClFN3O2S. The molecule has 5 nitrogen and oxygen atoms in total. The van der Waals surface area contributed by atoms with E-state index in [4.69, 9.17) is 11.6 Å². The summed E-state index contributed by atoms with van der Waals surface area (Å²) in [4.78, 5) is 31.3. The van der Waals surface area contributed by atoms with Gasteiger partial charge in [0.15, 0.2) is 0 Å². The number of fused-ring (bicyclic) bond motifs is 4. The van der Waals surface area contributed by atoms with Gasteiger partial charge in [-0.05, 0) is 37.6 Å². The van der Waals surface area contributed by atoms with Crippen LogP contribution in [0.25, 0.3) is 0 Å². The van der Waals surface area contributed by atoms with Gasteiger partial charge in [-0.1, -0.05) is 29.8 Å². The van der Waals surface area contributed by atoms with Gasteiger partial charge in [0.1, 0.15) is 11.4 Å². The normalized spacial score (nSPS) is 27.6. The molecule has 2 aromatic rings. The second kappa shape index (κ2) is 7.25. The van der Waals surface area contributed by atoms with Crippen LogP contribution in [0.2, 0.25) is 5.02 Å². The fourth-order valence-electron chi connectivity index (χ4n) is 5.21. The molecule has 3 heterocycles. The first-order chi connectivity index (χ1) is 14.5. The fourth-order valence-corrected chi connectivity index (χ4v) is 6.67. The van der Waals surface area contributed by atoms with E-state index in [1.165, 1.54) is 18.2 Å². The number of anilines is 2. The number of thioether (sulfide) groups is 1. The molecular weight excluding hydrogens is 425 g/mol. The molecule has 2 saturated heterocycles. The highest BCUT2D eigenvalue weighted by Crippen LogP contribution is 2.57. The largest absolute Gasteiger partial charge is 0.323 e. The maximum Gasteiger partial charge on any atom is 0.253 e. The number of amides is 2. The maximum atomic E-state index is 14.3. The molecule has 1 N–H and O–H groups in total. The van der Waals surface area contributed by atoms with Crippen LogP contribution in [0.5, 0.6) is 0 Å². The minimum absolute atomic E-state index is 0.0621. The maximum absolute atomic E-state index is 14.3. The number of rotatable bonds is 3. The molecule has 0 aliphatic carbocycles. The van der Waals surface area contributed by atoms with Gasteiger partial charge >= 0.3 is 0 Å². The van der Waals surface area contributed by atoms with Crippen molar-refractivity contribution >= 4 is 46.6 Å². The number of hydrogen-bond donors (Lipinski definition) is 1. The molecule has 3 aliphatic rings. The van der Waals surface area contributed by atoms with E-state index in [0.717, 1.165) is 17.0 Å². The van der Waals surface area contributed by atoms with Crippen molar-refractivity contribution in [1.82, 2.24) is 4.90 Å². The van der Waals surface area contributed by atoms with Crippen molar-refractivity contribution in [2.45, 2.75) is 24.9 Å². The van der Waals surface area contributed by atoms with Gasteiger partial charge in [-0.25, -0.2) is 4.39 Å². The highest BCUT2D eigenvalue weighted by molar-refractivity contribution is 7.99. The number of para-hydroxylation sites is 1. The number of likely N-dealkylation sites (N-methyl/N-ethyl adjacent to an activating group) is 1. The predicted octanol–water partition coefficient (Wildman–Crippen LogP) is 4.07. The average Bonchev–Trinajstić information content (AvgIpc) is 3.37. The van der Waals surface area contributed by atoms with Gasteiger partial charge in [0.25, 0.3) is 5.91 Å². The molecule has 3 atom stereocenters. The van der Waals surface area contributed by atoms with Gasteiger partial charge in [-0.2, -0.15) is 0 Å². The summed E-state index contributed by atoms with van der Waals surface area (Å²) in [6.07, 6.45) is 0.561. The van der Waals surface area contributed by atoms with Crippen molar-refractivity contribution in [3.63, 3.8) is 0 Å². The minimum Gasteiger partial charge on any atom is -0.323 e. The Kier molecular flexibility index (Phi) is 4.80. The molecule has 8 heteroatoms. The molecule has 0 radical (unpaired) electrons. The molecule has 5 rings (SSSR count). The number of nitrogens with zero attached hydrogens (tertiary/aromatic N) is 2. The third-order valence-electron chi connectivity index (χ3n) is 6.44. The summed E-state index contributed by atoms with van der Waals surface area (Å²) in [5, 5.41) is 2.99. The van der Waals surface area contributed by atoms with E-state index in [0.29, 0.717) is 18.8 Å². The summed E-state index contributed by atoms with van der Waals surface area (Å²) in [6.45, 7) is 2.47. The van der Waals surface area contributed by atoms with Crippen molar-refractivity contribution in [3.8, 4) is 0 Å². The molecule has 1 spiro atoms. The molecule has 156 valence electrons. The molecule has 2 aromatic carbocycles. The summed E-state index contributed by atoms with van der Waals surface area (Å²) < 4.78 is 14.3. The topological polar surface area (TPSA) is 52.7 Å². The number of hydrogen-bond acceptors (Lipinski definition) is 4. The Bertz CT molecular complexity index is 1050. The van der Waals surface area contributed by atoms with Crippen molar-refractivity contribution in [1.29, 1.82) is 0 Å². The lowest BCUT2D eigenvalue weighted by atomic mass is 9.78. The molecule has 30 heavy (non-hydrogen) atoms. The standard InChI is InChI=1S/C22H21ClFN3O2S/c1-2-26-19-6-4-3-5-15(19)22(21(26)29)16(10-14-11-30-12-27(14)22)20(28)25-18-8-7-13(23)9-17(18)24/h3-9,14,16H,2,10-12H2,1H3,(H,25,28)/t14-,16+,22+/m1/s1. The molecule has 2 amide bonds. The van der Waals surface area contributed by atoms with Crippen LogP contribution in [-0.4, -0.2) is 40.9 Å². The minimum atomic E-state index is -1.05. The zero-order valence-electron chi connectivity index (χ0n) is 16.4. The van der Waals surface area contributed by atoms with Crippen LogP contribution in [-0.2, 0) is 15.1 Å².